The molecular weight excluding hydrogens is 372 g/mol. The molecule has 2 aromatic carbocycles. The summed E-state index contributed by atoms with van der Waals surface area (Å²) in [7, 11) is 0. The minimum absolute atomic E-state index is 0. The predicted octanol–water partition coefficient (Wildman–Crippen LogP) is 4.24. The summed E-state index contributed by atoms with van der Waals surface area (Å²) in [5.41, 5.74) is 8.98. The lowest BCUT2D eigenvalue weighted by molar-refractivity contribution is 0.414. The van der Waals surface area contributed by atoms with Crippen molar-refractivity contribution in [3.63, 3.8) is 0 Å². The Balaban J connectivity index is 0.00000169. The molecule has 2 aromatic rings. The second-order valence-corrected chi connectivity index (χ2v) is 6.41. The van der Waals surface area contributed by atoms with E-state index in [1.54, 1.807) is 0 Å². The van der Waals surface area contributed by atoms with Crippen LogP contribution in [0.2, 0.25) is 0 Å². The Morgan fingerprint density at radius 2 is 1.69 bits per heavy atom. The smallest absolute Gasteiger partial charge is 0.123 e. The Morgan fingerprint density at radius 1 is 1.00 bits per heavy atom. The van der Waals surface area contributed by atoms with Crippen LogP contribution in [0.15, 0.2) is 48.5 Å². The number of nitrogens with zero attached hydrogens (tertiary/aromatic N) is 1. The van der Waals surface area contributed by atoms with Crippen molar-refractivity contribution in [2.24, 2.45) is 5.73 Å². The minimum Gasteiger partial charge on any atom is -0.371 e. The molecule has 0 unspecified atom stereocenters. The molecule has 0 atom stereocenters. The van der Waals surface area contributed by atoms with Crippen molar-refractivity contribution >= 4 is 30.5 Å². The maximum atomic E-state index is 13.1. The van der Waals surface area contributed by atoms with Gasteiger partial charge in [-0.1, -0.05) is 24.3 Å². The molecular formula is C20H28Cl2FN3. The van der Waals surface area contributed by atoms with Gasteiger partial charge in [-0.3, -0.25) is 0 Å². The standard InChI is InChI=1S/C20H26FN3.2ClH/c21-18-7-5-16(6-8-18)17-3-1-4-20(15-17)24-13-9-19(10-14-24)23-12-2-11-22;;/h1,3-8,15,19,23H,2,9-14,22H2;2*1H. The molecule has 3 nitrogen and oxygen atoms in total. The van der Waals surface area contributed by atoms with Crippen molar-refractivity contribution in [1.29, 1.82) is 0 Å². The molecule has 3 N–H and O–H groups in total. The van der Waals surface area contributed by atoms with Gasteiger partial charge < -0.3 is 16.0 Å². The van der Waals surface area contributed by atoms with Crippen molar-refractivity contribution in [2.45, 2.75) is 25.3 Å². The lowest BCUT2D eigenvalue weighted by Crippen LogP contribution is -2.43. The molecule has 26 heavy (non-hydrogen) atoms. The summed E-state index contributed by atoms with van der Waals surface area (Å²) in [6.45, 7) is 3.89. The molecule has 0 radical (unpaired) electrons. The zero-order valence-electron chi connectivity index (χ0n) is 14.9. The summed E-state index contributed by atoms with van der Waals surface area (Å²) in [5, 5.41) is 3.59. The number of hydrogen-bond donors (Lipinski definition) is 2. The van der Waals surface area contributed by atoms with E-state index in [2.05, 4.69) is 34.5 Å². The number of piperidine rings is 1. The number of anilines is 1. The van der Waals surface area contributed by atoms with E-state index in [1.807, 2.05) is 12.1 Å². The Hall–Kier alpha value is -1.33. The van der Waals surface area contributed by atoms with Crippen LogP contribution < -0.4 is 16.0 Å². The molecule has 0 bridgehead atoms. The second-order valence-electron chi connectivity index (χ2n) is 6.41. The maximum Gasteiger partial charge on any atom is 0.123 e. The molecule has 0 amide bonds. The van der Waals surface area contributed by atoms with Crippen LogP contribution in [0.3, 0.4) is 0 Å². The molecule has 1 saturated heterocycles. The van der Waals surface area contributed by atoms with Crippen molar-refractivity contribution in [3.8, 4) is 11.1 Å². The minimum atomic E-state index is -0.195. The van der Waals surface area contributed by atoms with Gasteiger partial charge in [-0.2, -0.15) is 0 Å². The summed E-state index contributed by atoms with van der Waals surface area (Å²) in [6.07, 6.45) is 3.36. The van der Waals surface area contributed by atoms with Gasteiger partial charge in [-0.25, -0.2) is 4.39 Å². The van der Waals surface area contributed by atoms with E-state index in [-0.39, 0.29) is 30.6 Å². The lowest BCUT2D eigenvalue weighted by Gasteiger charge is -2.34. The molecule has 3 rings (SSSR count). The highest BCUT2D eigenvalue weighted by molar-refractivity contribution is 5.85. The molecule has 144 valence electrons. The zero-order valence-corrected chi connectivity index (χ0v) is 16.5. The topological polar surface area (TPSA) is 41.3 Å². The normalized spacial score (nSPS) is 14.5. The third-order valence-corrected chi connectivity index (χ3v) is 4.70. The fourth-order valence-corrected chi connectivity index (χ4v) is 3.27. The number of hydrogen-bond acceptors (Lipinski definition) is 3. The predicted molar refractivity (Wildman–Crippen MR) is 113 cm³/mol. The molecule has 0 aromatic heterocycles. The van der Waals surface area contributed by atoms with Crippen molar-refractivity contribution in [2.75, 3.05) is 31.1 Å². The number of nitrogens with two attached hydrogens (primary N) is 1. The molecule has 0 aliphatic carbocycles. The fourth-order valence-electron chi connectivity index (χ4n) is 3.27. The van der Waals surface area contributed by atoms with Gasteiger partial charge in [-0.15, -0.1) is 24.8 Å². The Labute approximate surface area is 168 Å². The van der Waals surface area contributed by atoms with Gasteiger partial charge in [0.25, 0.3) is 0 Å². The van der Waals surface area contributed by atoms with Crippen LogP contribution in [0.25, 0.3) is 11.1 Å². The van der Waals surface area contributed by atoms with Crippen LogP contribution in [0, 0.1) is 5.82 Å². The van der Waals surface area contributed by atoms with Crippen LogP contribution in [-0.2, 0) is 0 Å². The zero-order chi connectivity index (χ0) is 16.8. The Morgan fingerprint density at radius 3 is 2.35 bits per heavy atom. The van der Waals surface area contributed by atoms with Crippen molar-refractivity contribution in [1.82, 2.24) is 5.32 Å². The van der Waals surface area contributed by atoms with Crippen LogP contribution in [-0.4, -0.2) is 32.2 Å². The van der Waals surface area contributed by atoms with E-state index in [0.29, 0.717) is 6.04 Å². The Kier molecular flexibility index (Phi) is 9.96. The first-order chi connectivity index (χ1) is 11.8. The average molecular weight is 400 g/mol. The summed E-state index contributed by atoms with van der Waals surface area (Å²) in [6, 6.07) is 15.8. The van der Waals surface area contributed by atoms with Crippen molar-refractivity contribution < 1.29 is 4.39 Å². The second kappa shape index (κ2) is 11.4. The number of halogens is 3. The maximum absolute atomic E-state index is 13.1. The largest absolute Gasteiger partial charge is 0.371 e. The number of nitrogens with one attached hydrogen (secondary N) is 1. The van der Waals surface area contributed by atoms with Gasteiger partial charge in [0.2, 0.25) is 0 Å². The summed E-state index contributed by atoms with van der Waals surface area (Å²) >= 11 is 0. The molecule has 1 aliphatic heterocycles. The molecule has 1 fully saturated rings. The third-order valence-electron chi connectivity index (χ3n) is 4.70. The first-order valence-corrected chi connectivity index (χ1v) is 8.80. The fraction of sp³-hybridized carbons (Fsp3) is 0.400. The van der Waals surface area contributed by atoms with Gasteiger partial charge in [0, 0.05) is 24.8 Å². The van der Waals surface area contributed by atoms with Crippen LogP contribution >= 0.6 is 24.8 Å². The molecule has 0 spiro atoms. The molecule has 0 saturated carbocycles. The van der Waals surface area contributed by atoms with E-state index >= 15 is 0 Å². The molecule has 6 heteroatoms. The summed E-state index contributed by atoms with van der Waals surface area (Å²) in [5.74, 6) is -0.195. The monoisotopic (exact) mass is 399 g/mol. The lowest BCUT2D eigenvalue weighted by atomic mass is 10.0. The highest BCUT2D eigenvalue weighted by Gasteiger charge is 2.19. The van der Waals surface area contributed by atoms with Gasteiger partial charge >= 0.3 is 0 Å². The van der Waals surface area contributed by atoms with Crippen LogP contribution in [0.4, 0.5) is 10.1 Å². The third kappa shape index (κ3) is 6.13. The van der Waals surface area contributed by atoms with E-state index in [4.69, 9.17) is 5.73 Å². The summed E-state index contributed by atoms with van der Waals surface area (Å²) in [4.78, 5) is 2.44. The number of rotatable bonds is 6. The molecule has 1 heterocycles. The first kappa shape index (κ1) is 22.7. The highest BCUT2D eigenvalue weighted by atomic mass is 35.5. The quantitative estimate of drug-likeness (QED) is 0.713. The van der Waals surface area contributed by atoms with E-state index < -0.39 is 0 Å². The number of benzene rings is 2. The van der Waals surface area contributed by atoms with Crippen molar-refractivity contribution in [3.05, 3.63) is 54.3 Å². The van der Waals surface area contributed by atoms with E-state index in [0.717, 1.165) is 56.6 Å². The van der Waals surface area contributed by atoms with Gasteiger partial charge in [0.05, 0.1) is 0 Å². The van der Waals surface area contributed by atoms with Gasteiger partial charge in [0.1, 0.15) is 5.82 Å². The highest BCUT2D eigenvalue weighted by Crippen LogP contribution is 2.27. The van der Waals surface area contributed by atoms with Crippen LogP contribution in [0.1, 0.15) is 19.3 Å². The molecule has 1 aliphatic rings. The average Bonchev–Trinajstić information content (AvgIpc) is 2.63. The van der Waals surface area contributed by atoms with Gasteiger partial charge in [-0.05, 0) is 67.7 Å². The SMILES string of the molecule is Cl.Cl.NCCCNC1CCN(c2cccc(-c3ccc(F)cc3)c2)CC1. The van der Waals surface area contributed by atoms with E-state index in [9.17, 15) is 4.39 Å². The van der Waals surface area contributed by atoms with Crippen LogP contribution in [0.5, 0.6) is 0 Å². The van der Waals surface area contributed by atoms with E-state index in [1.165, 1.54) is 17.8 Å². The Bertz CT molecular complexity index is 644. The van der Waals surface area contributed by atoms with Gasteiger partial charge in [0.15, 0.2) is 0 Å². The summed E-state index contributed by atoms with van der Waals surface area (Å²) < 4.78 is 13.1. The first-order valence-electron chi connectivity index (χ1n) is 8.80.